The molecule has 1 rings (SSSR count). The summed E-state index contributed by atoms with van der Waals surface area (Å²) in [6, 6.07) is 1.60. The van der Waals surface area contributed by atoms with Crippen LogP contribution in [-0.4, -0.2) is 30.1 Å². The molecule has 0 saturated carbocycles. The van der Waals surface area contributed by atoms with Crippen LogP contribution in [-0.2, 0) is 4.74 Å². The number of ether oxygens (including phenoxy) is 1. The molecule has 5 heteroatoms. The third-order valence-corrected chi connectivity index (χ3v) is 1.91. The number of carbonyl (C=O) groups excluding carboxylic acids is 1. The topological polar surface area (TPSA) is 80.1 Å². The first-order valence-electron chi connectivity index (χ1n) is 4.70. The molecule has 1 heterocycles. The van der Waals surface area contributed by atoms with Crippen molar-refractivity contribution in [1.29, 1.82) is 0 Å². The average molecular weight is 211 g/mol. The van der Waals surface area contributed by atoms with Crippen LogP contribution in [0.15, 0.2) is 12.3 Å². The van der Waals surface area contributed by atoms with Gasteiger partial charge in [0.15, 0.2) is 0 Å². The van der Waals surface area contributed by atoms with Crippen LogP contribution < -0.4 is 11.1 Å². The first kappa shape index (κ1) is 11.6. The second-order valence-electron chi connectivity index (χ2n) is 4.12. The first-order valence-corrected chi connectivity index (χ1v) is 4.70. The summed E-state index contributed by atoms with van der Waals surface area (Å²) in [5.74, 6) is -0.186. The Labute approximate surface area is 89.0 Å². The molecule has 0 saturated heterocycles. The van der Waals surface area contributed by atoms with E-state index in [1.54, 1.807) is 19.4 Å². The van der Waals surface area contributed by atoms with Gasteiger partial charge in [-0.05, 0) is 19.9 Å². The van der Waals surface area contributed by atoms with Crippen molar-refractivity contribution in [2.24, 2.45) is 0 Å². The monoisotopic (exact) mass is 211 g/mol. The number of nitrogens with two attached hydrogens (primary N) is 1. The third kappa shape index (κ3) is 3.28. The van der Waals surface area contributed by atoms with E-state index in [2.05, 4.69) is 10.3 Å². The summed E-state index contributed by atoms with van der Waals surface area (Å²) in [5.41, 5.74) is 6.11. The summed E-state index contributed by atoms with van der Waals surface area (Å²) in [5, 5.41) is 2.84. The van der Waals surface area contributed by atoms with Crippen LogP contribution in [0, 0.1) is 0 Å². The Hall–Kier alpha value is -1.49. The van der Waals surface area contributed by atoms with Crippen molar-refractivity contribution in [2.45, 2.75) is 19.4 Å². The highest BCUT2D eigenvalue weighted by Gasteiger charge is 2.21. The van der Waals surface area contributed by atoms with Gasteiger partial charge < -0.3 is 20.8 Å². The highest BCUT2D eigenvalue weighted by atomic mass is 16.5. The molecule has 0 atom stereocenters. The maximum atomic E-state index is 11.7. The van der Waals surface area contributed by atoms with E-state index in [0.29, 0.717) is 18.0 Å². The van der Waals surface area contributed by atoms with Crippen molar-refractivity contribution < 1.29 is 9.53 Å². The van der Waals surface area contributed by atoms with Crippen LogP contribution in [0.25, 0.3) is 0 Å². The molecule has 0 bridgehead atoms. The molecule has 5 nitrogen and oxygen atoms in total. The number of aromatic nitrogens is 1. The number of rotatable bonds is 4. The van der Waals surface area contributed by atoms with Crippen LogP contribution >= 0.6 is 0 Å². The summed E-state index contributed by atoms with van der Waals surface area (Å²) < 4.78 is 5.00. The van der Waals surface area contributed by atoms with Crippen molar-refractivity contribution in [3.8, 4) is 0 Å². The SMILES string of the molecule is COCC(C)(C)NC(=O)c1cc(N)c[nH]1. The van der Waals surface area contributed by atoms with Crippen molar-refractivity contribution in [3.63, 3.8) is 0 Å². The Morgan fingerprint density at radius 2 is 2.33 bits per heavy atom. The number of H-pyrrole nitrogens is 1. The van der Waals surface area contributed by atoms with Crippen molar-refractivity contribution in [3.05, 3.63) is 18.0 Å². The highest BCUT2D eigenvalue weighted by molar-refractivity contribution is 5.93. The van der Waals surface area contributed by atoms with Gasteiger partial charge in [0.05, 0.1) is 12.1 Å². The van der Waals surface area contributed by atoms with E-state index in [1.807, 2.05) is 13.8 Å². The normalized spacial score (nSPS) is 11.4. The lowest BCUT2D eigenvalue weighted by atomic mass is 10.1. The number of nitrogen functional groups attached to an aromatic ring is 1. The Bertz CT molecular complexity index is 344. The zero-order chi connectivity index (χ0) is 11.5. The van der Waals surface area contributed by atoms with Gasteiger partial charge >= 0.3 is 0 Å². The highest BCUT2D eigenvalue weighted by Crippen LogP contribution is 2.08. The average Bonchev–Trinajstić information content (AvgIpc) is 2.50. The molecular weight excluding hydrogens is 194 g/mol. The number of nitrogens with one attached hydrogen (secondary N) is 2. The number of hydrogen-bond donors (Lipinski definition) is 3. The van der Waals surface area contributed by atoms with Crippen LogP contribution in [0.3, 0.4) is 0 Å². The number of carbonyl (C=O) groups is 1. The van der Waals surface area contributed by atoms with Crippen LogP contribution in [0.5, 0.6) is 0 Å². The zero-order valence-corrected chi connectivity index (χ0v) is 9.26. The van der Waals surface area contributed by atoms with E-state index in [4.69, 9.17) is 10.5 Å². The second-order valence-corrected chi connectivity index (χ2v) is 4.12. The van der Waals surface area contributed by atoms with Gasteiger partial charge in [-0.1, -0.05) is 0 Å². The Balaban J connectivity index is 2.63. The molecule has 84 valence electrons. The predicted octanol–water partition coefficient (Wildman–Crippen LogP) is 0.752. The Kier molecular flexibility index (Phi) is 3.36. The van der Waals surface area contributed by atoms with Crippen LogP contribution in [0.1, 0.15) is 24.3 Å². The number of anilines is 1. The molecule has 1 amide bonds. The number of amides is 1. The molecule has 4 N–H and O–H groups in total. The van der Waals surface area contributed by atoms with Gasteiger partial charge in [-0.15, -0.1) is 0 Å². The van der Waals surface area contributed by atoms with E-state index >= 15 is 0 Å². The quantitative estimate of drug-likeness (QED) is 0.687. The molecular formula is C10H17N3O2. The molecule has 0 fully saturated rings. The maximum Gasteiger partial charge on any atom is 0.268 e. The molecule has 0 radical (unpaired) electrons. The largest absolute Gasteiger partial charge is 0.397 e. The van der Waals surface area contributed by atoms with Gasteiger partial charge in [-0.2, -0.15) is 0 Å². The van der Waals surface area contributed by atoms with Crippen molar-refractivity contribution in [1.82, 2.24) is 10.3 Å². The molecule has 0 unspecified atom stereocenters. The maximum absolute atomic E-state index is 11.7. The molecule has 1 aromatic rings. The van der Waals surface area contributed by atoms with Crippen LogP contribution in [0.4, 0.5) is 5.69 Å². The Morgan fingerprint density at radius 3 is 2.80 bits per heavy atom. The number of methoxy groups -OCH3 is 1. The minimum absolute atomic E-state index is 0.186. The lowest BCUT2D eigenvalue weighted by Gasteiger charge is -2.24. The van der Waals surface area contributed by atoms with E-state index < -0.39 is 5.54 Å². The second kappa shape index (κ2) is 4.35. The third-order valence-electron chi connectivity index (χ3n) is 1.91. The van der Waals surface area contributed by atoms with Gasteiger partial charge in [0.25, 0.3) is 5.91 Å². The fraction of sp³-hybridized carbons (Fsp3) is 0.500. The molecule has 0 aliphatic heterocycles. The van der Waals surface area contributed by atoms with Gasteiger partial charge in [-0.25, -0.2) is 0 Å². The minimum Gasteiger partial charge on any atom is -0.397 e. The number of hydrogen-bond acceptors (Lipinski definition) is 3. The van der Waals surface area contributed by atoms with Gasteiger partial charge in [-0.3, -0.25) is 4.79 Å². The number of aromatic amines is 1. The van der Waals surface area contributed by atoms with Gasteiger partial charge in [0.2, 0.25) is 0 Å². The molecule has 0 aliphatic rings. The van der Waals surface area contributed by atoms with Gasteiger partial charge in [0, 0.05) is 19.0 Å². The van der Waals surface area contributed by atoms with Crippen molar-refractivity contribution in [2.75, 3.05) is 19.5 Å². The lowest BCUT2D eigenvalue weighted by Crippen LogP contribution is -2.46. The zero-order valence-electron chi connectivity index (χ0n) is 9.26. The smallest absolute Gasteiger partial charge is 0.268 e. The molecule has 0 spiro atoms. The summed E-state index contributed by atoms with van der Waals surface area (Å²) in [7, 11) is 1.60. The predicted molar refractivity (Wildman–Crippen MR) is 58.6 cm³/mol. The standard InChI is InChI=1S/C10H17N3O2/c1-10(2,6-15-3)13-9(14)8-4-7(11)5-12-8/h4-5,12H,6,11H2,1-3H3,(H,13,14). The fourth-order valence-corrected chi connectivity index (χ4v) is 1.31. The van der Waals surface area contributed by atoms with E-state index in [0.717, 1.165) is 0 Å². The molecule has 0 aliphatic carbocycles. The lowest BCUT2D eigenvalue weighted by molar-refractivity contribution is 0.0816. The molecule has 15 heavy (non-hydrogen) atoms. The summed E-state index contributed by atoms with van der Waals surface area (Å²) in [6.45, 7) is 4.23. The minimum atomic E-state index is -0.397. The fourth-order valence-electron chi connectivity index (χ4n) is 1.31. The summed E-state index contributed by atoms with van der Waals surface area (Å²) >= 11 is 0. The summed E-state index contributed by atoms with van der Waals surface area (Å²) in [4.78, 5) is 14.5. The first-order chi connectivity index (χ1) is 6.94. The van der Waals surface area contributed by atoms with E-state index in [-0.39, 0.29) is 5.91 Å². The van der Waals surface area contributed by atoms with Crippen LogP contribution in [0.2, 0.25) is 0 Å². The summed E-state index contributed by atoms with van der Waals surface area (Å²) in [6.07, 6.45) is 1.58. The molecule has 0 aromatic carbocycles. The van der Waals surface area contributed by atoms with E-state index in [9.17, 15) is 4.79 Å². The van der Waals surface area contributed by atoms with Crippen molar-refractivity contribution >= 4 is 11.6 Å². The van der Waals surface area contributed by atoms with E-state index in [1.165, 1.54) is 0 Å². The van der Waals surface area contributed by atoms with Gasteiger partial charge in [0.1, 0.15) is 5.69 Å². The molecule has 1 aromatic heterocycles. The Morgan fingerprint density at radius 1 is 1.67 bits per heavy atom.